The molecular formula is C25H26N2O5. The maximum absolute atomic E-state index is 9.55. The lowest BCUT2D eigenvalue weighted by Crippen LogP contribution is -2.31. The van der Waals surface area contributed by atoms with Crippen molar-refractivity contribution in [2.45, 2.75) is 26.1 Å². The highest BCUT2D eigenvalue weighted by molar-refractivity contribution is 5.89. The molecule has 1 unspecified atom stereocenters. The van der Waals surface area contributed by atoms with Crippen LogP contribution in [0.2, 0.25) is 0 Å². The van der Waals surface area contributed by atoms with Crippen LogP contribution in [-0.2, 0) is 22.7 Å². The molecule has 2 aromatic carbocycles. The molecule has 0 aliphatic carbocycles. The monoisotopic (exact) mass is 434 g/mol. The number of carboxylic acid groups (broad SMARTS) is 2. The Morgan fingerprint density at radius 1 is 1.00 bits per heavy atom. The molecule has 1 atom stereocenters. The van der Waals surface area contributed by atoms with Gasteiger partial charge in [0.25, 0.3) is 0 Å². The van der Waals surface area contributed by atoms with Crippen molar-refractivity contribution < 1.29 is 24.5 Å². The molecule has 2 heterocycles. The van der Waals surface area contributed by atoms with Crippen molar-refractivity contribution in [3.05, 3.63) is 90.1 Å². The summed E-state index contributed by atoms with van der Waals surface area (Å²) in [4.78, 5) is 19.1. The zero-order valence-electron chi connectivity index (χ0n) is 17.8. The Labute approximate surface area is 186 Å². The van der Waals surface area contributed by atoms with E-state index >= 15 is 0 Å². The Balaban J connectivity index is 0.000000312. The maximum Gasteiger partial charge on any atom is 0.328 e. The van der Waals surface area contributed by atoms with Crippen LogP contribution in [0.15, 0.2) is 78.9 Å². The van der Waals surface area contributed by atoms with Crippen molar-refractivity contribution in [2.75, 3.05) is 6.54 Å². The molecule has 0 bridgehead atoms. The summed E-state index contributed by atoms with van der Waals surface area (Å²) in [6, 6.07) is 23.5. The van der Waals surface area contributed by atoms with Gasteiger partial charge in [0.2, 0.25) is 0 Å². The normalized spacial score (nSPS) is 14.8. The van der Waals surface area contributed by atoms with E-state index in [0.29, 0.717) is 24.8 Å². The lowest BCUT2D eigenvalue weighted by molar-refractivity contribution is -0.134. The molecule has 32 heavy (non-hydrogen) atoms. The first kappa shape index (κ1) is 22.8. The standard InChI is InChI=1S/C21H22N2O.C4H4O4/c1-16-20-11-12-21(23(20)14-13-22-16)18-7-9-19(10-8-18)24-15-17-5-3-2-4-6-17;5-3(6)1-2-4(7)8/h2-12,16,22H,13-15H2,1H3;1-2H,(H,5,6)(H,7,8). The molecular weight excluding hydrogens is 408 g/mol. The number of aliphatic carboxylic acids is 2. The number of rotatable bonds is 6. The quantitative estimate of drug-likeness (QED) is 0.505. The fraction of sp³-hybridized carbons (Fsp3) is 0.200. The number of aromatic nitrogens is 1. The van der Waals surface area contributed by atoms with Crippen molar-refractivity contribution >= 4 is 11.9 Å². The summed E-state index contributed by atoms with van der Waals surface area (Å²) in [5.74, 6) is -1.61. The predicted octanol–water partition coefficient (Wildman–Crippen LogP) is 4.11. The molecule has 4 rings (SSSR count). The second-order valence-electron chi connectivity index (χ2n) is 7.28. The summed E-state index contributed by atoms with van der Waals surface area (Å²) in [7, 11) is 0. The van der Waals surface area contributed by atoms with E-state index in [0.717, 1.165) is 18.8 Å². The van der Waals surface area contributed by atoms with Gasteiger partial charge in [-0.25, -0.2) is 9.59 Å². The molecule has 7 nitrogen and oxygen atoms in total. The van der Waals surface area contributed by atoms with Crippen LogP contribution in [0, 0.1) is 0 Å². The number of nitrogens with one attached hydrogen (secondary N) is 1. The van der Waals surface area contributed by atoms with Crippen LogP contribution in [0.1, 0.15) is 24.2 Å². The van der Waals surface area contributed by atoms with Crippen molar-refractivity contribution in [3.8, 4) is 17.0 Å². The maximum atomic E-state index is 9.55. The third-order valence-corrected chi connectivity index (χ3v) is 5.01. The Kier molecular flexibility index (Phi) is 7.83. The first-order valence-corrected chi connectivity index (χ1v) is 10.3. The number of benzene rings is 2. The molecule has 3 aromatic rings. The second-order valence-corrected chi connectivity index (χ2v) is 7.28. The number of hydrogen-bond donors (Lipinski definition) is 3. The number of ether oxygens (including phenoxy) is 1. The molecule has 1 aromatic heterocycles. The fourth-order valence-electron chi connectivity index (χ4n) is 3.47. The van der Waals surface area contributed by atoms with E-state index in [-0.39, 0.29) is 0 Å². The van der Waals surface area contributed by atoms with Crippen LogP contribution in [0.3, 0.4) is 0 Å². The van der Waals surface area contributed by atoms with Crippen LogP contribution >= 0.6 is 0 Å². The molecule has 0 saturated heterocycles. The van der Waals surface area contributed by atoms with E-state index in [2.05, 4.69) is 65.3 Å². The van der Waals surface area contributed by atoms with Crippen LogP contribution in [-0.4, -0.2) is 33.3 Å². The first-order chi connectivity index (χ1) is 15.4. The third kappa shape index (κ3) is 6.33. The summed E-state index contributed by atoms with van der Waals surface area (Å²) in [5, 5.41) is 19.1. The summed E-state index contributed by atoms with van der Waals surface area (Å²) < 4.78 is 8.29. The fourth-order valence-corrected chi connectivity index (χ4v) is 3.47. The number of hydrogen-bond acceptors (Lipinski definition) is 4. The molecule has 0 amide bonds. The number of carboxylic acids is 2. The van der Waals surface area contributed by atoms with Gasteiger partial charge >= 0.3 is 11.9 Å². The van der Waals surface area contributed by atoms with E-state index in [1.807, 2.05) is 18.2 Å². The van der Waals surface area contributed by atoms with Gasteiger partial charge in [-0.3, -0.25) is 0 Å². The highest BCUT2D eigenvalue weighted by atomic mass is 16.5. The van der Waals surface area contributed by atoms with Gasteiger partial charge in [-0.2, -0.15) is 0 Å². The lowest BCUT2D eigenvalue weighted by atomic mass is 10.1. The molecule has 0 spiro atoms. The number of fused-ring (bicyclic) bond motifs is 1. The smallest absolute Gasteiger partial charge is 0.328 e. The molecule has 0 saturated carbocycles. The highest BCUT2D eigenvalue weighted by Gasteiger charge is 2.18. The molecule has 3 N–H and O–H groups in total. The van der Waals surface area contributed by atoms with Gasteiger partial charge in [-0.1, -0.05) is 30.3 Å². The predicted molar refractivity (Wildman–Crippen MR) is 121 cm³/mol. The molecule has 1 aliphatic heterocycles. The van der Waals surface area contributed by atoms with Crippen LogP contribution in [0.25, 0.3) is 11.3 Å². The lowest BCUT2D eigenvalue weighted by Gasteiger charge is -2.25. The topological polar surface area (TPSA) is 101 Å². The summed E-state index contributed by atoms with van der Waals surface area (Å²) in [5.41, 5.74) is 5.07. The Hall–Kier alpha value is -3.84. The minimum atomic E-state index is -1.26. The minimum Gasteiger partial charge on any atom is -0.489 e. The minimum absolute atomic E-state index is 0.418. The van der Waals surface area contributed by atoms with Crippen LogP contribution in [0.4, 0.5) is 0 Å². The summed E-state index contributed by atoms with van der Waals surface area (Å²) in [6.45, 7) is 4.86. The van der Waals surface area contributed by atoms with Crippen molar-refractivity contribution in [1.82, 2.24) is 9.88 Å². The number of carbonyl (C=O) groups is 2. The van der Waals surface area contributed by atoms with Crippen LogP contribution in [0.5, 0.6) is 5.75 Å². The van der Waals surface area contributed by atoms with Crippen molar-refractivity contribution in [2.24, 2.45) is 0 Å². The van der Waals surface area contributed by atoms with E-state index in [1.165, 1.54) is 22.5 Å². The Bertz CT molecular complexity index is 1060. The van der Waals surface area contributed by atoms with Gasteiger partial charge < -0.3 is 24.8 Å². The Morgan fingerprint density at radius 3 is 2.28 bits per heavy atom. The van der Waals surface area contributed by atoms with Gasteiger partial charge in [0.15, 0.2) is 0 Å². The zero-order chi connectivity index (χ0) is 22.9. The van der Waals surface area contributed by atoms with E-state index in [9.17, 15) is 9.59 Å². The molecule has 1 aliphatic rings. The van der Waals surface area contributed by atoms with Crippen molar-refractivity contribution in [1.29, 1.82) is 0 Å². The highest BCUT2D eigenvalue weighted by Crippen LogP contribution is 2.29. The largest absolute Gasteiger partial charge is 0.489 e. The molecule has 166 valence electrons. The average Bonchev–Trinajstić information content (AvgIpc) is 3.23. The number of nitrogens with zero attached hydrogens (tertiary/aromatic N) is 1. The summed E-state index contributed by atoms with van der Waals surface area (Å²) in [6.07, 6.45) is 1.12. The van der Waals surface area contributed by atoms with Gasteiger partial charge in [0.05, 0.1) is 0 Å². The second kappa shape index (κ2) is 11.0. The third-order valence-electron chi connectivity index (χ3n) is 5.01. The molecule has 0 radical (unpaired) electrons. The van der Waals surface area contributed by atoms with Crippen LogP contribution < -0.4 is 10.1 Å². The first-order valence-electron chi connectivity index (χ1n) is 10.3. The van der Waals surface area contributed by atoms with Gasteiger partial charge in [-0.05, 0) is 54.4 Å². The van der Waals surface area contributed by atoms with Gasteiger partial charge in [0.1, 0.15) is 12.4 Å². The molecule has 7 heteroatoms. The van der Waals surface area contributed by atoms with E-state index < -0.39 is 11.9 Å². The SMILES string of the molecule is CC1NCCn2c(-c3ccc(OCc4ccccc4)cc3)ccc21.O=C(O)C=CC(=O)O. The van der Waals surface area contributed by atoms with Gasteiger partial charge in [-0.15, -0.1) is 0 Å². The average molecular weight is 434 g/mol. The van der Waals surface area contributed by atoms with E-state index in [1.54, 1.807) is 0 Å². The van der Waals surface area contributed by atoms with E-state index in [4.69, 9.17) is 14.9 Å². The summed E-state index contributed by atoms with van der Waals surface area (Å²) >= 11 is 0. The van der Waals surface area contributed by atoms with Gasteiger partial charge in [0, 0.05) is 42.7 Å². The van der Waals surface area contributed by atoms with Crippen molar-refractivity contribution in [3.63, 3.8) is 0 Å². The Morgan fingerprint density at radius 2 is 1.66 bits per heavy atom. The zero-order valence-corrected chi connectivity index (χ0v) is 17.8. The molecule has 0 fully saturated rings.